The molecule has 0 saturated heterocycles. The fourth-order valence-corrected chi connectivity index (χ4v) is 2.72. The number of carboxylic acid groups (broad SMARTS) is 1. The molecule has 0 radical (unpaired) electrons. The molecule has 0 saturated carbocycles. The first-order valence-corrected chi connectivity index (χ1v) is 6.30. The Morgan fingerprint density at radius 2 is 1.94 bits per heavy atom. The van der Waals surface area contributed by atoms with E-state index in [9.17, 15) is 22.0 Å². The monoisotopic (exact) mass is 264 g/mol. The van der Waals surface area contributed by atoms with Crippen molar-refractivity contribution < 1.29 is 27.1 Å². The molecule has 0 fully saturated rings. The van der Waals surface area contributed by atoms with Crippen molar-refractivity contribution in [2.75, 3.05) is 5.75 Å². The minimum absolute atomic E-state index is 0.426. The summed E-state index contributed by atoms with van der Waals surface area (Å²) in [7, 11) is -3.93. The highest BCUT2D eigenvalue weighted by molar-refractivity contribution is 7.91. The second-order valence-electron chi connectivity index (χ2n) is 3.60. The molecule has 0 spiro atoms. The number of aliphatic carboxylic acids is 1. The number of carboxylic acids is 1. The summed E-state index contributed by atoms with van der Waals surface area (Å²) in [6, 6.07) is 2.13. The second kappa shape index (κ2) is 4.79. The van der Waals surface area contributed by atoms with Gasteiger partial charge in [0.05, 0.1) is 16.6 Å². The zero-order valence-corrected chi connectivity index (χ0v) is 9.67. The summed E-state index contributed by atoms with van der Waals surface area (Å²) in [4.78, 5) is 10.1. The van der Waals surface area contributed by atoms with E-state index in [0.717, 1.165) is 6.07 Å². The lowest BCUT2D eigenvalue weighted by atomic mass is 10.2. The first kappa shape index (κ1) is 13.6. The molecule has 0 aromatic heterocycles. The lowest BCUT2D eigenvalue weighted by molar-refractivity contribution is -0.140. The molecule has 1 atom stereocenters. The summed E-state index contributed by atoms with van der Waals surface area (Å²) < 4.78 is 48.8. The first-order chi connectivity index (χ1) is 7.74. The lowest BCUT2D eigenvalue weighted by Crippen LogP contribution is -2.21. The molecule has 1 unspecified atom stereocenters. The maximum atomic E-state index is 12.8. The molecule has 94 valence electrons. The number of rotatable bonds is 4. The molecule has 0 heterocycles. The molecule has 0 bridgehead atoms. The van der Waals surface area contributed by atoms with E-state index in [1.54, 1.807) is 0 Å². The summed E-state index contributed by atoms with van der Waals surface area (Å²) in [5.74, 6) is -5.48. The van der Waals surface area contributed by atoms with Crippen LogP contribution < -0.4 is 0 Å². The van der Waals surface area contributed by atoms with Crippen LogP contribution >= 0.6 is 0 Å². The van der Waals surface area contributed by atoms with E-state index >= 15 is 0 Å². The zero-order chi connectivity index (χ0) is 13.2. The Hall–Kier alpha value is -1.50. The molecule has 0 aliphatic carbocycles. The number of benzene rings is 1. The van der Waals surface area contributed by atoms with Crippen LogP contribution in [0.4, 0.5) is 8.78 Å². The van der Waals surface area contributed by atoms with E-state index in [1.807, 2.05) is 0 Å². The Morgan fingerprint density at radius 1 is 1.35 bits per heavy atom. The molecule has 1 aromatic rings. The largest absolute Gasteiger partial charge is 0.481 e. The van der Waals surface area contributed by atoms with Crippen molar-refractivity contribution in [1.29, 1.82) is 0 Å². The van der Waals surface area contributed by atoms with Gasteiger partial charge >= 0.3 is 5.97 Å². The number of hydrogen-bond acceptors (Lipinski definition) is 3. The first-order valence-electron chi connectivity index (χ1n) is 4.64. The van der Waals surface area contributed by atoms with Crippen LogP contribution in [0.15, 0.2) is 23.1 Å². The van der Waals surface area contributed by atoms with Crippen molar-refractivity contribution >= 4 is 15.8 Å². The molecule has 0 aliphatic rings. The van der Waals surface area contributed by atoms with Gasteiger partial charge in [-0.25, -0.2) is 17.2 Å². The standard InChI is InChI=1S/C10H10F2O4S/c1-6(10(13)14)5-17(15,16)7-2-3-8(11)9(12)4-7/h2-4,6H,5H2,1H3,(H,13,14). The van der Waals surface area contributed by atoms with E-state index in [2.05, 4.69) is 0 Å². The van der Waals surface area contributed by atoms with Gasteiger partial charge in [0, 0.05) is 0 Å². The van der Waals surface area contributed by atoms with Crippen LogP contribution in [0.25, 0.3) is 0 Å². The van der Waals surface area contributed by atoms with Gasteiger partial charge in [0.25, 0.3) is 0 Å². The van der Waals surface area contributed by atoms with Gasteiger partial charge < -0.3 is 5.11 Å². The second-order valence-corrected chi connectivity index (χ2v) is 5.63. The molecule has 1 rings (SSSR count). The van der Waals surface area contributed by atoms with Crippen LogP contribution in [0, 0.1) is 17.6 Å². The molecule has 4 nitrogen and oxygen atoms in total. The average Bonchev–Trinajstić information content (AvgIpc) is 2.21. The summed E-state index contributed by atoms with van der Waals surface area (Å²) in [5, 5.41) is 8.59. The van der Waals surface area contributed by atoms with Gasteiger partial charge in [0.2, 0.25) is 0 Å². The fourth-order valence-electron chi connectivity index (χ4n) is 1.17. The van der Waals surface area contributed by atoms with Crippen LogP contribution in [0.2, 0.25) is 0 Å². The van der Waals surface area contributed by atoms with Gasteiger partial charge in [-0.2, -0.15) is 0 Å². The molecular weight excluding hydrogens is 254 g/mol. The van der Waals surface area contributed by atoms with E-state index in [1.165, 1.54) is 6.92 Å². The Kier molecular flexibility index (Phi) is 3.82. The van der Waals surface area contributed by atoms with Gasteiger partial charge in [-0.15, -0.1) is 0 Å². The third-order valence-electron chi connectivity index (χ3n) is 2.14. The van der Waals surface area contributed by atoms with E-state index in [4.69, 9.17) is 5.11 Å². The minimum Gasteiger partial charge on any atom is -0.481 e. The Labute approximate surface area is 96.8 Å². The van der Waals surface area contributed by atoms with Crippen molar-refractivity contribution in [3.8, 4) is 0 Å². The number of carbonyl (C=O) groups is 1. The summed E-state index contributed by atoms with van der Waals surface area (Å²) in [6.45, 7) is 1.22. The smallest absolute Gasteiger partial charge is 0.307 e. The lowest BCUT2D eigenvalue weighted by Gasteiger charge is -2.07. The van der Waals surface area contributed by atoms with Crippen molar-refractivity contribution in [3.63, 3.8) is 0 Å². The topological polar surface area (TPSA) is 71.4 Å². The maximum Gasteiger partial charge on any atom is 0.307 e. The summed E-state index contributed by atoms with van der Waals surface area (Å²) in [5.41, 5.74) is 0. The highest BCUT2D eigenvalue weighted by Gasteiger charge is 2.23. The van der Waals surface area contributed by atoms with E-state index in [-0.39, 0.29) is 0 Å². The van der Waals surface area contributed by atoms with Crippen LogP contribution in [0.3, 0.4) is 0 Å². The molecule has 7 heteroatoms. The highest BCUT2D eigenvalue weighted by Crippen LogP contribution is 2.17. The maximum absolute atomic E-state index is 12.8. The van der Waals surface area contributed by atoms with Gasteiger partial charge in [0.15, 0.2) is 21.5 Å². The molecule has 17 heavy (non-hydrogen) atoms. The van der Waals surface area contributed by atoms with Gasteiger partial charge in [-0.05, 0) is 18.2 Å². The Morgan fingerprint density at radius 3 is 2.41 bits per heavy atom. The van der Waals surface area contributed by atoms with Crippen LogP contribution in [-0.4, -0.2) is 25.2 Å². The normalized spacial score (nSPS) is 13.4. The zero-order valence-electron chi connectivity index (χ0n) is 8.85. The predicted molar refractivity (Wildman–Crippen MR) is 55.2 cm³/mol. The Balaban J connectivity index is 3.05. The molecular formula is C10H10F2O4S. The van der Waals surface area contributed by atoms with Crippen LogP contribution in [-0.2, 0) is 14.6 Å². The third kappa shape index (κ3) is 3.23. The van der Waals surface area contributed by atoms with Crippen molar-refractivity contribution in [2.45, 2.75) is 11.8 Å². The van der Waals surface area contributed by atoms with E-state index < -0.39 is 44.0 Å². The van der Waals surface area contributed by atoms with Crippen LogP contribution in [0.1, 0.15) is 6.92 Å². The molecule has 0 amide bonds. The third-order valence-corrected chi connectivity index (χ3v) is 4.05. The SMILES string of the molecule is CC(CS(=O)(=O)c1ccc(F)c(F)c1)C(=O)O. The van der Waals surface area contributed by atoms with Crippen molar-refractivity contribution in [2.24, 2.45) is 5.92 Å². The molecule has 0 aliphatic heterocycles. The average molecular weight is 264 g/mol. The minimum atomic E-state index is -3.93. The van der Waals surface area contributed by atoms with Crippen molar-refractivity contribution in [3.05, 3.63) is 29.8 Å². The number of halogens is 2. The highest BCUT2D eigenvalue weighted by atomic mass is 32.2. The molecule has 1 N–H and O–H groups in total. The number of sulfone groups is 1. The van der Waals surface area contributed by atoms with Gasteiger partial charge in [0.1, 0.15) is 0 Å². The van der Waals surface area contributed by atoms with E-state index in [0.29, 0.717) is 12.1 Å². The number of hydrogen-bond donors (Lipinski definition) is 1. The molecule has 1 aromatic carbocycles. The summed E-state index contributed by atoms with van der Waals surface area (Å²) in [6.07, 6.45) is 0. The Bertz CT molecular complexity index is 539. The summed E-state index contributed by atoms with van der Waals surface area (Å²) >= 11 is 0. The predicted octanol–water partition coefficient (Wildman–Crippen LogP) is 1.46. The van der Waals surface area contributed by atoms with Gasteiger partial charge in [-0.1, -0.05) is 6.92 Å². The fraction of sp³-hybridized carbons (Fsp3) is 0.300. The van der Waals surface area contributed by atoms with Crippen LogP contribution in [0.5, 0.6) is 0 Å². The van der Waals surface area contributed by atoms with Gasteiger partial charge in [-0.3, -0.25) is 4.79 Å². The quantitative estimate of drug-likeness (QED) is 0.836. The van der Waals surface area contributed by atoms with Crippen molar-refractivity contribution in [1.82, 2.24) is 0 Å².